The van der Waals surface area contributed by atoms with Gasteiger partial charge < -0.3 is 9.84 Å². The number of carboxylic acid groups (broad SMARTS) is 1. The van der Waals surface area contributed by atoms with Crippen molar-refractivity contribution >= 4 is 11.8 Å². The molecule has 0 saturated carbocycles. The third-order valence-corrected chi connectivity index (χ3v) is 2.91. The van der Waals surface area contributed by atoms with E-state index in [1.165, 1.54) is 6.07 Å². The van der Waals surface area contributed by atoms with Gasteiger partial charge in [-0.2, -0.15) is 0 Å². The highest BCUT2D eigenvalue weighted by atomic mass is 16.5. The predicted molar refractivity (Wildman–Crippen MR) is 76.6 cm³/mol. The second kappa shape index (κ2) is 6.65. The second-order valence-corrected chi connectivity index (χ2v) is 4.41. The van der Waals surface area contributed by atoms with Crippen LogP contribution in [0.15, 0.2) is 42.5 Å². The van der Waals surface area contributed by atoms with E-state index in [1.807, 2.05) is 6.92 Å². The van der Waals surface area contributed by atoms with E-state index in [2.05, 4.69) is 4.98 Å². The van der Waals surface area contributed by atoms with Crippen LogP contribution in [0.3, 0.4) is 0 Å². The van der Waals surface area contributed by atoms with E-state index < -0.39 is 5.97 Å². The number of nitrogens with zero attached hydrogens (tertiary/aromatic N) is 1. The van der Waals surface area contributed by atoms with E-state index in [1.54, 1.807) is 36.4 Å². The fourth-order valence-corrected chi connectivity index (χ4v) is 1.78. The molecule has 0 saturated heterocycles. The number of rotatable bonds is 6. The molecular formula is C16H15NO4. The Balaban J connectivity index is 2.01. The molecule has 0 bridgehead atoms. The molecule has 0 radical (unpaired) electrons. The van der Waals surface area contributed by atoms with Gasteiger partial charge in [0, 0.05) is 12.0 Å². The lowest BCUT2D eigenvalue weighted by atomic mass is 10.1. The Morgan fingerprint density at radius 3 is 2.48 bits per heavy atom. The monoisotopic (exact) mass is 285 g/mol. The number of benzene rings is 1. The molecule has 0 atom stereocenters. The lowest BCUT2D eigenvalue weighted by Gasteiger charge is -2.07. The van der Waals surface area contributed by atoms with Gasteiger partial charge in [-0.05, 0) is 36.4 Å². The third-order valence-electron chi connectivity index (χ3n) is 2.91. The van der Waals surface area contributed by atoms with Crippen LogP contribution in [0.25, 0.3) is 0 Å². The van der Waals surface area contributed by atoms with E-state index in [0.29, 0.717) is 23.4 Å². The quantitative estimate of drug-likeness (QED) is 0.826. The summed E-state index contributed by atoms with van der Waals surface area (Å²) in [4.78, 5) is 26.3. The van der Waals surface area contributed by atoms with Crippen LogP contribution in [0, 0.1) is 0 Å². The minimum Gasteiger partial charge on any atom is -0.487 e. The summed E-state index contributed by atoms with van der Waals surface area (Å²) in [6.45, 7) is 1.98. The molecule has 108 valence electrons. The lowest BCUT2D eigenvalue weighted by Crippen LogP contribution is -2.05. The summed E-state index contributed by atoms with van der Waals surface area (Å²) in [5.41, 5.74) is 1.17. The Bertz CT molecular complexity index is 650. The van der Waals surface area contributed by atoms with Crippen molar-refractivity contribution in [3.63, 3.8) is 0 Å². The van der Waals surface area contributed by atoms with Crippen molar-refractivity contribution in [2.45, 2.75) is 20.0 Å². The minimum atomic E-state index is -1.07. The highest BCUT2D eigenvalue weighted by molar-refractivity contribution is 5.95. The Morgan fingerprint density at radius 1 is 1.14 bits per heavy atom. The van der Waals surface area contributed by atoms with Gasteiger partial charge in [-0.3, -0.25) is 4.79 Å². The molecule has 0 aliphatic rings. The number of pyridine rings is 1. The zero-order valence-electron chi connectivity index (χ0n) is 11.6. The van der Waals surface area contributed by atoms with E-state index in [0.717, 1.165) is 0 Å². The maximum absolute atomic E-state index is 11.5. The van der Waals surface area contributed by atoms with Crippen LogP contribution < -0.4 is 4.74 Å². The number of carbonyl (C=O) groups excluding carboxylic acids is 1. The van der Waals surface area contributed by atoms with Crippen molar-refractivity contribution < 1.29 is 19.4 Å². The van der Waals surface area contributed by atoms with Crippen molar-refractivity contribution in [1.82, 2.24) is 4.98 Å². The average molecular weight is 285 g/mol. The number of carbonyl (C=O) groups is 2. The normalized spacial score (nSPS) is 10.1. The number of ketones is 1. The smallest absolute Gasteiger partial charge is 0.354 e. The maximum Gasteiger partial charge on any atom is 0.354 e. The van der Waals surface area contributed by atoms with Crippen molar-refractivity contribution in [2.24, 2.45) is 0 Å². The summed E-state index contributed by atoms with van der Waals surface area (Å²) in [6.07, 6.45) is 0.464. The molecule has 0 unspecified atom stereocenters. The highest BCUT2D eigenvalue weighted by Crippen LogP contribution is 2.15. The van der Waals surface area contributed by atoms with Crippen LogP contribution in [0.4, 0.5) is 0 Å². The Kier molecular flexibility index (Phi) is 4.66. The molecule has 5 nitrogen and oxygen atoms in total. The van der Waals surface area contributed by atoms with Crippen LogP contribution in [0.5, 0.6) is 5.75 Å². The minimum absolute atomic E-state index is 0.0139. The fourth-order valence-electron chi connectivity index (χ4n) is 1.78. The van der Waals surface area contributed by atoms with Gasteiger partial charge in [-0.15, -0.1) is 0 Å². The number of hydrogen-bond donors (Lipinski definition) is 1. The first-order chi connectivity index (χ1) is 10.1. The molecule has 0 aliphatic carbocycles. The van der Waals surface area contributed by atoms with Gasteiger partial charge in [-0.25, -0.2) is 9.78 Å². The van der Waals surface area contributed by atoms with E-state index in [9.17, 15) is 9.59 Å². The molecular weight excluding hydrogens is 270 g/mol. The molecule has 0 spiro atoms. The standard InChI is InChI=1S/C16H15NO4/c1-2-15(18)11-6-8-13(9-7-11)21-10-12-4-3-5-14(17-12)16(19)20/h3-9H,2,10H2,1H3,(H,19,20). The average Bonchev–Trinajstić information content (AvgIpc) is 2.53. The van der Waals surface area contributed by atoms with E-state index >= 15 is 0 Å². The number of Topliss-reactive ketones (excluding diaryl/α,β-unsaturated/α-hetero) is 1. The van der Waals surface area contributed by atoms with Crippen molar-refractivity contribution in [2.75, 3.05) is 0 Å². The third kappa shape index (κ3) is 3.89. The van der Waals surface area contributed by atoms with Gasteiger partial charge in [0.1, 0.15) is 18.1 Å². The summed E-state index contributed by atoms with van der Waals surface area (Å²) in [5, 5.41) is 8.87. The number of aromatic carboxylic acids is 1. The topological polar surface area (TPSA) is 76.5 Å². The number of carboxylic acids is 1. The first kappa shape index (κ1) is 14.7. The molecule has 0 aliphatic heterocycles. The molecule has 21 heavy (non-hydrogen) atoms. The van der Waals surface area contributed by atoms with Crippen LogP contribution in [0.2, 0.25) is 0 Å². The molecule has 1 N–H and O–H groups in total. The van der Waals surface area contributed by atoms with Gasteiger partial charge in [0.25, 0.3) is 0 Å². The van der Waals surface area contributed by atoms with Gasteiger partial charge in [0.2, 0.25) is 0 Å². The lowest BCUT2D eigenvalue weighted by molar-refractivity contribution is 0.0689. The molecule has 0 amide bonds. The zero-order chi connectivity index (χ0) is 15.2. The summed E-state index contributed by atoms with van der Waals surface area (Å²) in [7, 11) is 0. The highest BCUT2D eigenvalue weighted by Gasteiger charge is 2.06. The molecule has 2 rings (SSSR count). The molecule has 1 aromatic carbocycles. The molecule has 5 heteroatoms. The Morgan fingerprint density at radius 2 is 1.86 bits per heavy atom. The second-order valence-electron chi connectivity index (χ2n) is 4.41. The number of ether oxygens (including phenoxy) is 1. The van der Waals surface area contributed by atoms with Gasteiger partial charge in [0.15, 0.2) is 5.78 Å². The molecule has 1 heterocycles. The van der Waals surface area contributed by atoms with Crippen molar-refractivity contribution in [3.05, 3.63) is 59.4 Å². The zero-order valence-corrected chi connectivity index (χ0v) is 11.6. The SMILES string of the molecule is CCC(=O)c1ccc(OCc2cccc(C(=O)O)n2)cc1. The van der Waals surface area contributed by atoms with Crippen molar-refractivity contribution in [3.8, 4) is 5.75 Å². The van der Waals surface area contributed by atoms with Crippen molar-refractivity contribution in [1.29, 1.82) is 0 Å². The summed E-state index contributed by atoms with van der Waals surface area (Å²) >= 11 is 0. The maximum atomic E-state index is 11.5. The van der Waals surface area contributed by atoms with E-state index in [-0.39, 0.29) is 18.1 Å². The summed E-state index contributed by atoms with van der Waals surface area (Å²) in [6, 6.07) is 11.6. The van der Waals surface area contributed by atoms with Crippen LogP contribution >= 0.6 is 0 Å². The Labute approximate surface area is 122 Å². The van der Waals surface area contributed by atoms with Crippen LogP contribution in [-0.4, -0.2) is 21.8 Å². The molecule has 0 fully saturated rings. The molecule has 2 aromatic rings. The first-order valence-electron chi connectivity index (χ1n) is 6.55. The fraction of sp³-hybridized carbons (Fsp3) is 0.188. The summed E-state index contributed by atoms with van der Waals surface area (Å²) < 4.78 is 5.53. The summed E-state index contributed by atoms with van der Waals surface area (Å²) in [5.74, 6) is -0.387. The van der Waals surface area contributed by atoms with E-state index in [4.69, 9.17) is 9.84 Å². The van der Waals surface area contributed by atoms with Crippen LogP contribution in [-0.2, 0) is 6.61 Å². The number of hydrogen-bond acceptors (Lipinski definition) is 4. The van der Waals surface area contributed by atoms with Gasteiger partial charge in [0.05, 0.1) is 5.69 Å². The number of aromatic nitrogens is 1. The molecule has 1 aromatic heterocycles. The Hall–Kier alpha value is -2.69. The van der Waals surface area contributed by atoms with Gasteiger partial charge >= 0.3 is 5.97 Å². The first-order valence-corrected chi connectivity index (χ1v) is 6.55. The predicted octanol–water partition coefficient (Wildman–Crippen LogP) is 2.95. The largest absolute Gasteiger partial charge is 0.487 e. The van der Waals surface area contributed by atoms with Gasteiger partial charge in [-0.1, -0.05) is 13.0 Å². The van der Waals surface area contributed by atoms with Crippen LogP contribution in [0.1, 0.15) is 39.9 Å².